The van der Waals surface area contributed by atoms with Crippen LogP contribution < -0.4 is 0 Å². The number of esters is 1. The van der Waals surface area contributed by atoms with Gasteiger partial charge in [0.25, 0.3) is 0 Å². The summed E-state index contributed by atoms with van der Waals surface area (Å²) >= 11 is 0.0281. The summed E-state index contributed by atoms with van der Waals surface area (Å²) in [4.78, 5) is 11.0. The maximum absolute atomic E-state index is 13.2. The van der Waals surface area contributed by atoms with Crippen molar-refractivity contribution in [2.75, 3.05) is 6.61 Å². The van der Waals surface area contributed by atoms with Crippen LogP contribution in [0.15, 0.2) is 29.2 Å². The first-order chi connectivity index (χ1) is 7.45. The highest BCUT2D eigenvalue weighted by molar-refractivity contribution is 8.01. The fourth-order valence-corrected chi connectivity index (χ4v) is 1.62. The summed E-state index contributed by atoms with van der Waals surface area (Å²) < 4.78 is 43.1. The third kappa shape index (κ3) is 3.44. The maximum atomic E-state index is 13.2. The SMILES string of the molecule is CCOC(=O)C(F)(F)Sc1ccc(F)cc1. The van der Waals surface area contributed by atoms with E-state index in [2.05, 4.69) is 4.74 Å². The zero-order valence-electron chi connectivity index (χ0n) is 8.38. The Labute approximate surface area is 94.8 Å². The molecule has 0 saturated carbocycles. The molecule has 0 saturated heterocycles. The first-order valence-corrected chi connectivity index (χ1v) is 5.27. The summed E-state index contributed by atoms with van der Waals surface area (Å²) in [6.07, 6.45) is 0. The van der Waals surface area contributed by atoms with Crippen LogP contribution >= 0.6 is 11.8 Å². The fourth-order valence-electron chi connectivity index (χ4n) is 0.907. The Morgan fingerprint density at radius 3 is 2.44 bits per heavy atom. The van der Waals surface area contributed by atoms with Crippen molar-refractivity contribution in [3.05, 3.63) is 30.1 Å². The molecule has 0 aliphatic heterocycles. The zero-order valence-corrected chi connectivity index (χ0v) is 9.19. The van der Waals surface area contributed by atoms with E-state index in [0.29, 0.717) is 0 Å². The molecule has 1 rings (SSSR count). The standard InChI is InChI=1S/C10H9F3O2S/c1-2-15-9(14)10(12,13)16-8-5-3-7(11)4-6-8/h3-6H,2H2,1H3. The molecule has 2 nitrogen and oxygen atoms in total. The average Bonchev–Trinajstić information content (AvgIpc) is 2.21. The van der Waals surface area contributed by atoms with E-state index in [1.165, 1.54) is 19.1 Å². The number of carbonyl (C=O) groups excluding carboxylic acids is 1. The molecule has 0 radical (unpaired) electrons. The molecule has 1 aromatic carbocycles. The molecule has 0 heterocycles. The lowest BCUT2D eigenvalue weighted by atomic mass is 10.4. The highest BCUT2D eigenvalue weighted by atomic mass is 32.2. The predicted molar refractivity (Wildman–Crippen MR) is 53.8 cm³/mol. The second-order valence-corrected chi connectivity index (χ2v) is 3.98. The number of halogens is 3. The van der Waals surface area contributed by atoms with Crippen LogP contribution in [0.3, 0.4) is 0 Å². The van der Waals surface area contributed by atoms with Gasteiger partial charge in [0.05, 0.1) is 6.61 Å². The highest BCUT2D eigenvalue weighted by Crippen LogP contribution is 2.36. The molecule has 0 aliphatic rings. The number of rotatable bonds is 4. The largest absolute Gasteiger partial charge is 0.461 e. The molecule has 0 fully saturated rings. The lowest BCUT2D eigenvalue weighted by molar-refractivity contribution is -0.159. The van der Waals surface area contributed by atoms with Gasteiger partial charge in [0.2, 0.25) is 0 Å². The number of alkyl halides is 2. The summed E-state index contributed by atoms with van der Waals surface area (Å²) in [5.74, 6) is -2.12. The van der Waals surface area contributed by atoms with Crippen LogP contribution in [0.5, 0.6) is 0 Å². The van der Waals surface area contributed by atoms with Gasteiger partial charge >= 0.3 is 11.2 Å². The van der Waals surface area contributed by atoms with Gasteiger partial charge in [0.1, 0.15) is 5.82 Å². The van der Waals surface area contributed by atoms with Crippen molar-refractivity contribution in [1.29, 1.82) is 0 Å². The lowest BCUT2D eigenvalue weighted by Gasteiger charge is -2.13. The topological polar surface area (TPSA) is 26.3 Å². The van der Waals surface area contributed by atoms with Crippen molar-refractivity contribution in [3.8, 4) is 0 Å². The molecule has 0 aliphatic carbocycles. The number of hydrogen-bond acceptors (Lipinski definition) is 3. The van der Waals surface area contributed by atoms with Crippen LogP contribution in [0.1, 0.15) is 6.92 Å². The van der Waals surface area contributed by atoms with Crippen LogP contribution in [-0.4, -0.2) is 17.8 Å². The van der Waals surface area contributed by atoms with E-state index in [9.17, 15) is 18.0 Å². The van der Waals surface area contributed by atoms with E-state index in [-0.39, 0.29) is 23.3 Å². The molecule has 0 bridgehead atoms. The molecular weight excluding hydrogens is 241 g/mol. The van der Waals surface area contributed by atoms with Crippen LogP contribution in [0.2, 0.25) is 0 Å². The molecule has 0 N–H and O–H groups in total. The molecule has 0 amide bonds. The van der Waals surface area contributed by atoms with Gasteiger partial charge in [0, 0.05) is 4.90 Å². The Morgan fingerprint density at radius 1 is 1.38 bits per heavy atom. The van der Waals surface area contributed by atoms with E-state index >= 15 is 0 Å². The van der Waals surface area contributed by atoms with E-state index in [0.717, 1.165) is 12.1 Å². The molecule has 0 spiro atoms. The fraction of sp³-hybridized carbons (Fsp3) is 0.300. The average molecular weight is 250 g/mol. The Morgan fingerprint density at radius 2 is 1.94 bits per heavy atom. The highest BCUT2D eigenvalue weighted by Gasteiger charge is 2.41. The quantitative estimate of drug-likeness (QED) is 0.606. The van der Waals surface area contributed by atoms with E-state index in [1.54, 1.807) is 0 Å². The van der Waals surface area contributed by atoms with Gasteiger partial charge in [-0.1, -0.05) is 0 Å². The summed E-state index contributed by atoms with van der Waals surface area (Å²) in [7, 11) is 0. The third-order valence-electron chi connectivity index (χ3n) is 1.57. The smallest absolute Gasteiger partial charge is 0.393 e. The first-order valence-electron chi connectivity index (χ1n) is 4.45. The number of carbonyl (C=O) groups is 1. The first kappa shape index (κ1) is 12.9. The van der Waals surface area contributed by atoms with Crippen molar-refractivity contribution in [2.24, 2.45) is 0 Å². The molecule has 1 aromatic rings. The molecule has 6 heteroatoms. The molecule has 88 valence electrons. The van der Waals surface area contributed by atoms with E-state index in [4.69, 9.17) is 0 Å². The van der Waals surface area contributed by atoms with Gasteiger partial charge in [-0.05, 0) is 43.0 Å². The van der Waals surface area contributed by atoms with Gasteiger partial charge in [-0.2, -0.15) is 8.78 Å². The number of thioether (sulfide) groups is 1. The minimum Gasteiger partial charge on any atom is -0.461 e. The number of hydrogen-bond donors (Lipinski definition) is 0. The van der Waals surface area contributed by atoms with Gasteiger partial charge < -0.3 is 4.74 Å². The molecule has 0 aromatic heterocycles. The molecular formula is C10H9F3O2S. The molecule has 0 atom stereocenters. The lowest BCUT2D eigenvalue weighted by Crippen LogP contribution is -2.26. The van der Waals surface area contributed by atoms with Crippen LogP contribution in [-0.2, 0) is 9.53 Å². The van der Waals surface area contributed by atoms with Crippen molar-refractivity contribution in [2.45, 2.75) is 17.1 Å². The van der Waals surface area contributed by atoms with Crippen LogP contribution in [0, 0.1) is 5.82 Å². The minimum atomic E-state index is -3.66. The summed E-state index contributed by atoms with van der Waals surface area (Å²) in [6.45, 7) is 1.33. The summed E-state index contributed by atoms with van der Waals surface area (Å²) in [5.41, 5.74) is 0. The van der Waals surface area contributed by atoms with Gasteiger partial charge in [0.15, 0.2) is 0 Å². The van der Waals surface area contributed by atoms with Crippen LogP contribution in [0.25, 0.3) is 0 Å². The predicted octanol–water partition coefficient (Wildman–Crippen LogP) is 3.07. The summed E-state index contributed by atoms with van der Waals surface area (Å²) in [5, 5.41) is -3.66. The normalized spacial score (nSPS) is 11.2. The van der Waals surface area contributed by atoms with Crippen molar-refractivity contribution >= 4 is 17.7 Å². The molecule has 0 unspecified atom stereocenters. The van der Waals surface area contributed by atoms with E-state index in [1.807, 2.05) is 0 Å². The van der Waals surface area contributed by atoms with Gasteiger partial charge in [-0.25, -0.2) is 9.18 Å². The zero-order chi connectivity index (χ0) is 12.2. The monoisotopic (exact) mass is 250 g/mol. The van der Waals surface area contributed by atoms with E-state index < -0.39 is 17.0 Å². The third-order valence-corrected chi connectivity index (χ3v) is 2.50. The Balaban J connectivity index is 2.72. The molecule has 16 heavy (non-hydrogen) atoms. The Hall–Kier alpha value is -1.17. The number of ether oxygens (including phenoxy) is 1. The second-order valence-electron chi connectivity index (χ2n) is 2.79. The van der Waals surface area contributed by atoms with Gasteiger partial charge in [-0.15, -0.1) is 0 Å². The van der Waals surface area contributed by atoms with Crippen LogP contribution in [0.4, 0.5) is 13.2 Å². The Bertz CT molecular complexity index is 365. The minimum absolute atomic E-state index is 0.0281. The van der Waals surface area contributed by atoms with Gasteiger partial charge in [-0.3, -0.25) is 0 Å². The second kappa shape index (κ2) is 5.25. The van der Waals surface area contributed by atoms with Crippen molar-refractivity contribution in [3.63, 3.8) is 0 Å². The maximum Gasteiger partial charge on any atom is 0.393 e. The summed E-state index contributed by atoms with van der Waals surface area (Å²) in [6, 6.07) is 4.44. The Kier molecular flexibility index (Phi) is 4.23. The number of benzene rings is 1. The van der Waals surface area contributed by atoms with Crippen molar-refractivity contribution < 1.29 is 22.7 Å². The van der Waals surface area contributed by atoms with Crippen molar-refractivity contribution in [1.82, 2.24) is 0 Å².